The SMILES string of the molecule is Cc1ccc(-c2cnn(-c3ccc4c5c(n(C)c4c3)CCNC5)c(=O)c2)cc1.Cn1c2c(c3ccc(-n4ncc(OCc5ccccc5)cc4=O)cc31)CCCC2.Cn1c2c(c3ccc(-n4ncc(OCc5ccccc5)cc4=O)cc31)CNCC2. The summed E-state index contributed by atoms with van der Waals surface area (Å²) in [6, 6.07) is 50.9. The number of nitrogens with zero attached hydrogens (tertiary/aromatic N) is 9. The summed E-state index contributed by atoms with van der Waals surface area (Å²) in [6.07, 6.45) is 11.8. The standard InChI is InChI=1S/C24H23N3O2.C23H22N4O2.C23H22N4O/c1-26-22-10-6-5-9-20(22)21-12-11-18(13-23(21)26)27-24(28)14-19(15-25-27)29-16-17-7-3-2-4-8-17;1-26-21-9-10-24-14-20(21)19-8-7-17(11-22(19)26)27-23(28)12-18(13-25-27)29-15-16-5-3-2-4-6-16;1-15-3-5-16(6-4-15)17-11-23(28)27(25-13-17)18-7-8-19-20-14-24-10-9-21(20)26(2)22(19)12-18/h2-4,7-8,11-15H,5-6,9-10,16H2,1H3;2-8,11-13,24H,9-10,14-15H2,1H3;3-8,11-13,24H,9-10,14H2,1-2H3. The first kappa shape index (κ1) is 55.3. The molecule has 0 saturated heterocycles. The summed E-state index contributed by atoms with van der Waals surface area (Å²) in [4.78, 5) is 38.1. The Labute approximate surface area is 497 Å². The minimum atomic E-state index is -0.212. The molecule has 86 heavy (non-hydrogen) atoms. The highest BCUT2D eigenvalue weighted by Crippen LogP contribution is 2.34. The van der Waals surface area contributed by atoms with Crippen LogP contribution in [0.3, 0.4) is 0 Å². The minimum Gasteiger partial charge on any atom is -0.487 e. The van der Waals surface area contributed by atoms with Crippen LogP contribution in [-0.2, 0) is 73.1 Å². The van der Waals surface area contributed by atoms with E-state index in [9.17, 15) is 14.4 Å². The number of ether oxygens (including phenoxy) is 2. The Hall–Kier alpha value is -9.90. The largest absolute Gasteiger partial charge is 0.487 e. The molecule has 1 aliphatic carbocycles. The summed E-state index contributed by atoms with van der Waals surface area (Å²) >= 11 is 0. The lowest BCUT2D eigenvalue weighted by molar-refractivity contribution is 0.303. The Kier molecular flexibility index (Phi) is 15.4. The van der Waals surface area contributed by atoms with Crippen molar-refractivity contribution < 1.29 is 9.47 Å². The van der Waals surface area contributed by atoms with E-state index >= 15 is 0 Å². The molecule has 2 aliphatic heterocycles. The maximum atomic E-state index is 12.8. The summed E-state index contributed by atoms with van der Waals surface area (Å²) in [5, 5.41) is 23.8. The van der Waals surface area contributed by atoms with Gasteiger partial charge in [0.05, 0.1) is 52.2 Å². The van der Waals surface area contributed by atoms with Crippen molar-refractivity contribution in [1.82, 2.24) is 53.7 Å². The predicted octanol–water partition coefficient (Wildman–Crippen LogP) is 10.5. The van der Waals surface area contributed by atoms with Crippen LogP contribution in [0.25, 0.3) is 60.9 Å². The molecule has 3 aliphatic rings. The second-order valence-electron chi connectivity index (χ2n) is 22.4. The van der Waals surface area contributed by atoms with Crippen LogP contribution in [-0.4, -0.2) is 56.1 Å². The first-order valence-corrected chi connectivity index (χ1v) is 29.4. The Morgan fingerprint density at radius 3 is 1.30 bits per heavy atom. The first-order valence-electron chi connectivity index (χ1n) is 29.4. The van der Waals surface area contributed by atoms with Crippen LogP contribution in [0.5, 0.6) is 11.5 Å². The molecule has 16 heteroatoms. The number of hydrogen-bond donors (Lipinski definition) is 2. The number of aryl methyl sites for hydroxylation is 5. The van der Waals surface area contributed by atoms with Gasteiger partial charge in [-0.15, -0.1) is 0 Å². The van der Waals surface area contributed by atoms with E-state index in [-0.39, 0.29) is 16.7 Å². The van der Waals surface area contributed by atoms with E-state index in [0.717, 1.165) is 108 Å². The van der Waals surface area contributed by atoms with E-state index < -0.39 is 0 Å². The van der Waals surface area contributed by atoms with E-state index in [1.807, 2.05) is 116 Å². The highest BCUT2D eigenvalue weighted by molar-refractivity contribution is 5.89. The molecule has 2 N–H and O–H groups in total. The van der Waals surface area contributed by atoms with Gasteiger partial charge >= 0.3 is 0 Å². The van der Waals surface area contributed by atoms with E-state index in [2.05, 4.69) is 91.1 Å². The van der Waals surface area contributed by atoms with Crippen LogP contribution < -0.4 is 36.8 Å². The zero-order valence-electron chi connectivity index (χ0n) is 48.8. The summed E-state index contributed by atoms with van der Waals surface area (Å²) < 4.78 is 22.5. The smallest absolute Gasteiger partial charge is 0.275 e. The van der Waals surface area contributed by atoms with Gasteiger partial charge in [0.1, 0.15) is 24.7 Å². The van der Waals surface area contributed by atoms with E-state index in [4.69, 9.17) is 9.47 Å². The normalized spacial score (nSPS) is 13.5. The Morgan fingerprint density at radius 1 is 0.430 bits per heavy atom. The summed E-state index contributed by atoms with van der Waals surface area (Å²) in [7, 11) is 6.31. The van der Waals surface area contributed by atoms with Gasteiger partial charge in [-0.1, -0.05) is 109 Å². The maximum absolute atomic E-state index is 12.8. The number of benzene rings is 6. The maximum Gasteiger partial charge on any atom is 0.275 e. The van der Waals surface area contributed by atoms with Crippen LogP contribution in [0.2, 0.25) is 0 Å². The van der Waals surface area contributed by atoms with Gasteiger partial charge in [0.15, 0.2) is 0 Å². The molecule has 0 fully saturated rings. The van der Waals surface area contributed by atoms with E-state index in [0.29, 0.717) is 24.7 Å². The third-order valence-corrected chi connectivity index (χ3v) is 17.0. The molecule has 0 atom stereocenters. The lowest BCUT2D eigenvalue weighted by Gasteiger charge is -2.14. The van der Waals surface area contributed by atoms with Gasteiger partial charge < -0.3 is 33.8 Å². The predicted molar refractivity (Wildman–Crippen MR) is 338 cm³/mol. The summed E-state index contributed by atoms with van der Waals surface area (Å²) in [5.41, 5.74) is 18.7. The molecule has 0 unspecified atom stereocenters. The Balaban J connectivity index is 0.000000120. The van der Waals surface area contributed by atoms with E-state index in [1.165, 1.54) is 94.5 Å². The monoisotopic (exact) mass is 1140 g/mol. The Morgan fingerprint density at radius 2 is 0.849 bits per heavy atom. The number of rotatable bonds is 10. The van der Waals surface area contributed by atoms with Gasteiger partial charge in [-0.25, -0.2) is 0 Å². The third-order valence-electron chi connectivity index (χ3n) is 17.0. The molecule has 0 saturated carbocycles. The van der Waals surface area contributed by atoms with Crippen molar-refractivity contribution >= 4 is 32.7 Å². The lowest BCUT2D eigenvalue weighted by atomic mass is 9.95. The zero-order valence-corrected chi connectivity index (χ0v) is 48.8. The van der Waals surface area contributed by atoms with Crippen molar-refractivity contribution in [3.05, 3.63) is 258 Å². The molecule has 16 nitrogen and oxygen atoms in total. The number of fused-ring (bicyclic) bond motifs is 9. The van der Waals surface area contributed by atoms with Gasteiger partial charge in [-0.2, -0.15) is 29.3 Å². The highest BCUT2D eigenvalue weighted by atomic mass is 16.5. The molecular formula is C70H67N11O5. The van der Waals surface area contributed by atoms with Crippen molar-refractivity contribution in [3.63, 3.8) is 0 Å². The van der Waals surface area contributed by atoms with Crippen LogP contribution in [0, 0.1) is 6.92 Å². The fourth-order valence-corrected chi connectivity index (χ4v) is 12.4. The topological polar surface area (TPSA) is 162 Å². The van der Waals surface area contributed by atoms with Gasteiger partial charge in [0.2, 0.25) is 0 Å². The second-order valence-corrected chi connectivity index (χ2v) is 22.4. The fourth-order valence-electron chi connectivity index (χ4n) is 12.4. The molecule has 8 heterocycles. The van der Waals surface area contributed by atoms with Crippen LogP contribution in [0.15, 0.2) is 191 Å². The molecule has 6 aromatic carbocycles. The molecular weight excluding hydrogens is 1070 g/mol. The quantitative estimate of drug-likeness (QED) is 0.135. The summed E-state index contributed by atoms with van der Waals surface area (Å²) in [6.45, 7) is 6.65. The van der Waals surface area contributed by atoms with Gasteiger partial charge in [-0.3, -0.25) is 14.4 Å². The minimum absolute atomic E-state index is 0.127. The molecule has 0 spiro atoms. The first-order chi connectivity index (χ1) is 42.0. The average molecular weight is 1140 g/mol. The third kappa shape index (κ3) is 11.1. The van der Waals surface area contributed by atoms with Gasteiger partial charge in [0.25, 0.3) is 16.7 Å². The van der Waals surface area contributed by atoms with Crippen molar-refractivity contribution in [1.29, 1.82) is 0 Å². The van der Waals surface area contributed by atoms with Gasteiger partial charge in [-0.05, 0) is 102 Å². The van der Waals surface area contributed by atoms with Crippen LogP contribution >= 0.6 is 0 Å². The molecule has 6 aromatic heterocycles. The van der Waals surface area contributed by atoms with Crippen LogP contribution in [0.1, 0.15) is 63.3 Å². The van der Waals surface area contributed by atoms with Crippen molar-refractivity contribution in [2.24, 2.45) is 21.1 Å². The average Bonchev–Trinajstić information content (AvgIpc) is 2.20. The van der Waals surface area contributed by atoms with Gasteiger partial charge in [0, 0.05) is 117 Å². The molecule has 0 radical (unpaired) electrons. The Bertz CT molecular complexity index is 4470. The van der Waals surface area contributed by atoms with Crippen molar-refractivity contribution in [2.45, 2.75) is 71.8 Å². The second kappa shape index (κ2) is 24.0. The fraction of sp³-hybridized carbons (Fsp3) is 0.229. The number of nitrogens with one attached hydrogen (secondary N) is 2. The number of aromatic nitrogens is 9. The van der Waals surface area contributed by atoms with E-state index in [1.54, 1.807) is 24.7 Å². The molecule has 0 bridgehead atoms. The molecule has 432 valence electrons. The highest BCUT2D eigenvalue weighted by Gasteiger charge is 2.22. The summed E-state index contributed by atoms with van der Waals surface area (Å²) in [5.74, 6) is 0.946. The van der Waals surface area contributed by atoms with Crippen molar-refractivity contribution in [3.8, 4) is 39.7 Å². The lowest BCUT2D eigenvalue weighted by Crippen LogP contribution is -2.24. The van der Waals surface area contributed by atoms with Crippen LogP contribution in [0.4, 0.5) is 0 Å². The molecule has 15 rings (SSSR count). The zero-order chi connectivity index (χ0) is 58.8. The molecule has 12 aromatic rings. The molecule has 0 amide bonds. The number of hydrogen-bond acceptors (Lipinski definition) is 10. The van der Waals surface area contributed by atoms with Crippen molar-refractivity contribution in [2.75, 3.05) is 13.1 Å².